The van der Waals surface area contributed by atoms with Gasteiger partial charge in [-0.2, -0.15) is 10.1 Å². The standard InChI is InChI=1S/C19H12BrFN4O2/c1-11-3-2-4-13(9-11)25-8-7-16(26)17(23-25)19-22-18(24-27-19)12-5-6-15(21)14(20)10-12/h2-10H,1H3. The molecule has 0 aliphatic rings. The molecule has 6 nitrogen and oxygen atoms in total. The van der Waals surface area contributed by atoms with Gasteiger partial charge in [-0.3, -0.25) is 4.79 Å². The second-order valence-electron chi connectivity index (χ2n) is 5.86. The van der Waals surface area contributed by atoms with Crippen molar-refractivity contribution in [2.24, 2.45) is 0 Å². The molecule has 2 heterocycles. The molecule has 0 saturated heterocycles. The highest BCUT2D eigenvalue weighted by Crippen LogP contribution is 2.24. The Balaban J connectivity index is 1.76. The summed E-state index contributed by atoms with van der Waals surface area (Å²) in [5.74, 6) is -0.163. The average molecular weight is 427 g/mol. The van der Waals surface area contributed by atoms with Crippen molar-refractivity contribution in [2.75, 3.05) is 0 Å². The molecule has 0 aliphatic heterocycles. The molecular formula is C19H12BrFN4O2. The van der Waals surface area contributed by atoms with Gasteiger partial charge in [-0.15, -0.1) is 0 Å². The van der Waals surface area contributed by atoms with Gasteiger partial charge in [0.2, 0.25) is 11.3 Å². The Bertz CT molecular complexity index is 1200. The highest BCUT2D eigenvalue weighted by Gasteiger charge is 2.16. The van der Waals surface area contributed by atoms with Crippen LogP contribution in [0.5, 0.6) is 0 Å². The third-order valence-electron chi connectivity index (χ3n) is 3.88. The fourth-order valence-electron chi connectivity index (χ4n) is 2.54. The largest absolute Gasteiger partial charge is 0.332 e. The van der Waals surface area contributed by atoms with Crippen molar-refractivity contribution in [2.45, 2.75) is 6.92 Å². The van der Waals surface area contributed by atoms with E-state index in [1.165, 1.54) is 24.3 Å². The summed E-state index contributed by atoms with van der Waals surface area (Å²) in [6.07, 6.45) is 1.58. The van der Waals surface area contributed by atoms with Gasteiger partial charge in [-0.25, -0.2) is 9.07 Å². The van der Waals surface area contributed by atoms with Crippen LogP contribution in [0.2, 0.25) is 0 Å². The molecule has 2 aromatic carbocycles. The number of aromatic nitrogens is 4. The van der Waals surface area contributed by atoms with Crippen LogP contribution >= 0.6 is 15.9 Å². The average Bonchev–Trinajstić information content (AvgIpc) is 3.14. The van der Waals surface area contributed by atoms with Crippen LogP contribution in [0.4, 0.5) is 4.39 Å². The lowest BCUT2D eigenvalue weighted by Gasteiger charge is -2.06. The zero-order valence-corrected chi connectivity index (χ0v) is 15.6. The fraction of sp³-hybridized carbons (Fsp3) is 0.0526. The number of aryl methyl sites for hydroxylation is 1. The molecule has 0 bridgehead atoms. The van der Waals surface area contributed by atoms with Crippen molar-refractivity contribution in [3.05, 3.63) is 80.8 Å². The number of hydrogen-bond donors (Lipinski definition) is 0. The first-order valence-electron chi connectivity index (χ1n) is 7.98. The second kappa shape index (κ2) is 6.88. The molecule has 27 heavy (non-hydrogen) atoms. The zero-order chi connectivity index (χ0) is 19.0. The fourth-order valence-corrected chi connectivity index (χ4v) is 2.92. The quantitative estimate of drug-likeness (QED) is 0.491. The Morgan fingerprint density at radius 2 is 2.00 bits per heavy atom. The summed E-state index contributed by atoms with van der Waals surface area (Å²) in [6.45, 7) is 1.97. The van der Waals surface area contributed by atoms with E-state index in [1.54, 1.807) is 10.9 Å². The van der Waals surface area contributed by atoms with Gasteiger partial charge < -0.3 is 4.52 Å². The maximum absolute atomic E-state index is 13.4. The number of benzene rings is 2. The molecule has 0 spiro atoms. The summed E-state index contributed by atoms with van der Waals surface area (Å²) in [4.78, 5) is 16.5. The van der Waals surface area contributed by atoms with Crippen LogP contribution in [0, 0.1) is 12.7 Å². The third-order valence-corrected chi connectivity index (χ3v) is 4.49. The van der Waals surface area contributed by atoms with E-state index in [-0.39, 0.29) is 27.3 Å². The van der Waals surface area contributed by atoms with Crippen LogP contribution in [-0.4, -0.2) is 19.9 Å². The third kappa shape index (κ3) is 3.43. The van der Waals surface area contributed by atoms with E-state index in [1.807, 2.05) is 31.2 Å². The molecular weight excluding hydrogens is 415 g/mol. The summed E-state index contributed by atoms with van der Waals surface area (Å²) < 4.78 is 20.5. The number of halogens is 2. The van der Waals surface area contributed by atoms with E-state index in [0.29, 0.717) is 5.56 Å². The topological polar surface area (TPSA) is 73.8 Å². The van der Waals surface area contributed by atoms with E-state index in [0.717, 1.165) is 11.3 Å². The molecule has 0 unspecified atom stereocenters. The Kier molecular flexibility index (Phi) is 4.41. The van der Waals surface area contributed by atoms with Gasteiger partial charge in [0.1, 0.15) is 5.82 Å². The van der Waals surface area contributed by atoms with Crippen molar-refractivity contribution in [1.82, 2.24) is 19.9 Å². The van der Waals surface area contributed by atoms with Gasteiger partial charge in [0.15, 0.2) is 5.69 Å². The first-order valence-corrected chi connectivity index (χ1v) is 8.77. The van der Waals surface area contributed by atoms with E-state index in [4.69, 9.17) is 4.52 Å². The summed E-state index contributed by atoms with van der Waals surface area (Å²) in [7, 11) is 0. The van der Waals surface area contributed by atoms with Crippen molar-refractivity contribution in [3.8, 4) is 28.7 Å². The van der Waals surface area contributed by atoms with Gasteiger partial charge in [-0.05, 0) is 58.7 Å². The van der Waals surface area contributed by atoms with Crippen molar-refractivity contribution in [3.63, 3.8) is 0 Å². The molecule has 4 aromatic rings. The highest BCUT2D eigenvalue weighted by atomic mass is 79.9. The molecule has 0 atom stereocenters. The van der Waals surface area contributed by atoms with Gasteiger partial charge in [0, 0.05) is 17.8 Å². The highest BCUT2D eigenvalue weighted by molar-refractivity contribution is 9.10. The summed E-state index contributed by atoms with van der Waals surface area (Å²) in [5, 5.41) is 8.20. The van der Waals surface area contributed by atoms with Crippen LogP contribution in [0.1, 0.15) is 5.56 Å². The minimum Gasteiger partial charge on any atom is -0.332 e. The number of rotatable bonds is 3. The Labute approximate surface area is 161 Å². The first-order chi connectivity index (χ1) is 13.0. The first kappa shape index (κ1) is 17.3. The van der Waals surface area contributed by atoms with E-state index in [2.05, 4.69) is 31.2 Å². The van der Waals surface area contributed by atoms with E-state index < -0.39 is 5.82 Å². The SMILES string of the molecule is Cc1cccc(-n2ccc(=O)c(-c3nc(-c4ccc(F)c(Br)c4)no3)n2)c1. The van der Waals surface area contributed by atoms with Crippen LogP contribution < -0.4 is 5.43 Å². The summed E-state index contributed by atoms with van der Waals surface area (Å²) >= 11 is 3.12. The molecule has 0 amide bonds. The van der Waals surface area contributed by atoms with Crippen molar-refractivity contribution >= 4 is 15.9 Å². The zero-order valence-electron chi connectivity index (χ0n) is 14.1. The minimum absolute atomic E-state index is 0.00236. The molecule has 0 radical (unpaired) electrons. The maximum Gasteiger partial charge on any atom is 0.282 e. The molecule has 0 N–H and O–H groups in total. The monoisotopic (exact) mass is 426 g/mol. The molecule has 134 valence electrons. The molecule has 8 heteroatoms. The lowest BCUT2D eigenvalue weighted by molar-refractivity contribution is 0.429. The molecule has 2 aromatic heterocycles. The predicted molar refractivity (Wildman–Crippen MR) is 101 cm³/mol. The van der Waals surface area contributed by atoms with Gasteiger partial charge in [0.25, 0.3) is 5.89 Å². The second-order valence-corrected chi connectivity index (χ2v) is 6.72. The Morgan fingerprint density at radius 1 is 1.15 bits per heavy atom. The number of hydrogen-bond acceptors (Lipinski definition) is 5. The van der Waals surface area contributed by atoms with Crippen LogP contribution in [0.3, 0.4) is 0 Å². The summed E-state index contributed by atoms with van der Waals surface area (Å²) in [6, 6.07) is 13.4. The molecule has 0 aliphatic carbocycles. The Hall–Kier alpha value is -3.13. The lowest BCUT2D eigenvalue weighted by atomic mass is 10.2. The van der Waals surface area contributed by atoms with Crippen LogP contribution in [0.25, 0.3) is 28.7 Å². The predicted octanol–water partition coefficient (Wildman–Crippen LogP) is 4.16. The lowest BCUT2D eigenvalue weighted by Crippen LogP contribution is -2.12. The van der Waals surface area contributed by atoms with Crippen molar-refractivity contribution < 1.29 is 8.91 Å². The van der Waals surface area contributed by atoms with Crippen molar-refractivity contribution in [1.29, 1.82) is 0 Å². The number of nitrogens with zero attached hydrogens (tertiary/aromatic N) is 4. The normalized spacial score (nSPS) is 10.9. The van der Waals surface area contributed by atoms with Crippen LogP contribution in [-0.2, 0) is 0 Å². The molecule has 0 fully saturated rings. The Morgan fingerprint density at radius 3 is 2.78 bits per heavy atom. The molecule has 0 saturated carbocycles. The minimum atomic E-state index is -0.395. The van der Waals surface area contributed by atoms with Gasteiger partial charge in [0.05, 0.1) is 10.2 Å². The summed E-state index contributed by atoms with van der Waals surface area (Å²) in [5.41, 5.74) is 2.12. The van der Waals surface area contributed by atoms with Gasteiger partial charge in [-0.1, -0.05) is 17.3 Å². The van der Waals surface area contributed by atoms with E-state index in [9.17, 15) is 9.18 Å². The van der Waals surface area contributed by atoms with Gasteiger partial charge >= 0.3 is 0 Å². The maximum atomic E-state index is 13.4. The molecule has 4 rings (SSSR count). The van der Waals surface area contributed by atoms with Crippen LogP contribution in [0.15, 0.2) is 68.5 Å². The van der Waals surface area contributed by atoms with E-state index >= 15 is 0 Å². The smallest absolute Gasteiger partial charge is 0.282 e.